The van der Waals surface area contributed by atoms with Crippen LogP contribution in [-0.2, 0) is 0 Å². The van der Waals surface area contributed by atoms with Crippen LogP contribution in [-0.4, -0.2) is 0 Å². The Morgan fingerprint density at radius 1 is 0.344 bits per heavy atom. The molecule has 0 aliphatic heterocycles. The Balaban J connectivity index is 1.10. The molecule has 2 aromatic heterocycles. The molecule has 284 valence electrons. The lowest BCUT2D eigenvalue weighted by molar-refractivity contribution is 0.670. The largest absolute Gasteiger partial charge is 0.453 e. The second kappa shape index (κ2) is 13.4. The lowest BCUT2D eigenvalue weighted by atomic mass is 9.93. The Morgan fingerprint density at radius 2 is 0.918 bits per heavy atom. The number of benzene rings is 11. The van der Waals surface area contributed by atoms with Crippen LogP contribution < -0.4 is 4.90 Å². The summed E-state index contributed by atoms with van der Waals surface area (Å²) in [6, 6.07) is 77.3. The van der Waals surface area contributed by atoms with Gasteiger partial charge in [-0.1, -0.05) is 170 Å². The van der Waals surface area contributed by atoms with E-state index < -0.39 is 0 Å². The fourth-order valence-corrected chi connectivity index (χ4v) is 11.1. The molecular weight excluding hydrogens is 759 g/mol. The van der Waals surface area contributed by atoms with Gasteiger partial charge in [-0.25, -0.2) is 0 Å². The molecule has 0 spiro atoms. The summed E-state index contributed by atoms with van der Waals surface area (Å²) in [6.07, 6.45) is 0. The SMILES string of the molecule is c1ccc(-c2ccc(N(c3ccc4c5ccccc5c5ccccc5c4c3)c3cccc4c3oc3c(-c5cccc6c5sc5ccccc56)c5ccccc5cc34)cc2)cc1. The summed E-state index contributed by atoms with van der Waals surface area (Å²) in [6.45, 7) is 0. The Morgan fingerprint density at radius 3 is 1.69 bits per heavy atom. The van der Waals surface area contributed by atoms with Crippen molar-refractivity contribution in [1.82, 2.24) is 0 Å². The molecule has 2 nitrogen and oxygen atoms in total. The summed E-state index contributed by atoms with van der Waals surface area (Å²) in [5.41, 5.74) is 9.56. The summed E-state index contributed by atoms with van der Waals surface area (Å²) in [5, 5.41) is 14.6. The maximum atomic E-state index is 7.40. The molecule has 0 radical (unpaired) electrons. The monoisotopic (exact) mass is 793 g/mol. The molecule has 61 heavy (non-hydrogen) atoms. The van der Waals surface area contributed by atoms with Crippen molar-refractivity contribution >= 4 is 114 Å². The molecule has 0 bridgehead atoms. The average molecular weight is 794 g/mol. The first-order chi connectivity index (χ1) is 30.3. The van der Waals surface area contributed by atoms with Crippen molar-refractivity contribution in [3.05, 3.63) is 212 Å². The van der Waals surface area contributed by atoms with Gasteiger partial charge in [0.15, 0.2) is 5.58 Å². The first-order valence-electron chi connectivity index (χ1n) is 20.8. The lowest BCUT2D eigenvalue weighted by Crippen LogP contribution is -2.10. The number of thiophene rings is 1. The van der Waals surface area contributed by atoms with E-state index in [1.807, 2.05) is 11.3 Å². The number of para-hydroxylation sites is 1. The minimum Gasteiger partial charge on any atom is -0.453 e. The highest BCUT2D eigenvalue weighted by Gasteiger charge is 2.24. The molecule has 0 fully saturated rings. The maximum Gasteiger partial charge on any atom is 0.159 e. The highest BCUT2D eigenvalue weighted by Crippen LogP contribution is 2.49. The van der Waals surface area contributed by atoms with Crippen LogP contribution in [0.25, 0.3) is 107 Å². The number of anilines is 3. The maximum absolute atomic E-state index is 7.40. The van der Waals surface area contributed by atoms with E-state index in [-0.39, 0.29) is 0 Å². The Hall–Kier alpha value is -7.72. The molecule has 11 aromatic carbocycles. The number of furan rings is 1. The lowest BCUT2D eigenvalue weighted by Gasteiger charge is -2.26. The van der Waals surface area contributed by atoms with E-state index in [2.05, 4.69) is 217 Å². The Kier molecular flexibility index (Phi) is 7.51. The van der Waals surface area contributed by atoms with E-state index in [4.69, 9.17) is 4.42 Å². The molecular formula is C58H35NOS. The molecule has 3 heteroatoms. The predicted molar refractivity (Wildman–Crippen MR) is 262 cm³/mol. The molecule has 13 aromatic rings. The fraction of sp³-hybridized carbons (Fsp3) is 0. The van der Waals surface area contributed by atoms with Gasteiger partial charge in [0.25, 0.3) is 0 Å². The third-order valence-electron chi connectivity index (χ3n) is 12.6. The van der Waals surface area contributed by atoms with Gasteiger partial charge in [-0.2, -0.15) is 0 Å². The van der Waals surface area contributed by atoms with Crippen LogP contribution >= 0.6 is 11.3 Å². The third-order valence-corrected chi connectivity index (χ3v) is 13.8. The standard InChI is InChI=1S/C58H35NOS/c1-2-14-36(15-3-1)37-28-30-39(31-29-37)59(40-32-33-46-44-20-7-6-18-42(44)43-19-8-9-21-45(43)51(46)35-40)53-26-13-23-48-52-34-38-16-4-5-17-41(38)55(57(52)60-56(48)53)50-25-12-24-49-47-22-10-11-27-54(47)61-58(49)50/h1-35H. The number of fused-ring (bicyclic) bond motifs is 13. The Labute approximate surface area is 355 Å². The summed E-state index contributed by atoms with van der Waals surface area (Å²) in [5.74, 6) is 0. The van der Waals surface area contributed by atoms with Gasteiger partial charge in [0.05, 0.1) is 5.69 Å². The average Bonchev–Trinajstić information content (AvgIpc) is 3.90. The summed E-state index contributed by atoms with van der Waals surface area (Å²) in [7, 11) is 0. The Bertz CT molecular complexity index is 3840. The van der Waals surface area contributed by atoms with Crippen LogP contribution in [0, 0.1) is 0 Å². The van der Waals surface area contributed by atoms with Crippen molar-refractivity contribution in [1.29, 1.82) is 0 Å². The fourth-order valence-electron chi connectivity index (χ4n) is 9.86. The van der Waals surface area contributed by atoms with Crippen LogP contribution in [0.2, 0.25) is 0 Å². The molecule has 0 saturated heterocycles. The summed E-state index contributed by atoms with van der Waals surface area (Å²) in [4.78, 5) is 2.38. The highest BCUT2D eigenvalue weighted by molar-refractivity contribution is 7.26. The van der Waals surface area contributed by atoms with Crippen LogP contribution in [0.5, 0.6) is 0 Å². The van der Waals surface area contributed by atoms with Gasteiger partial charge in [0.1, 0.15) is 5.58 Å². The van der Waals surface area contributed by atoms with E-state index in [1.54, 1.807) is 0 Å². The zero-order valence-corrected chi connectivity index (χ0v) is 33.8. The van der Waals surface area contributed by atoms with Crippen molar-refractivity contribution in [2.24, 2.45) is 0 Å². The molecule has 0 N–H and O–H groups in total. The summed E-state index contributed by atoms with van der Waals surface area (Å²) >= 11 is 1.86. The molecule has 2 heterocycles. The smallest absolute Gasteiger partial charge is 0.159 e. The molecule has 0 amide bonds. The van der Waals surface area contributed by atoms with Crippen molar-refractivity contribution in [3.8, 4) is 22.3 Å². The zero-order chi connectivity index (χ0) is 40.0. The van der Waals surface area contributed by atoms with Gasteiger partial charge in [0.2, 0.25) is 0 Å². The molecule has 0 aliphatic carbocycles. The van der Waals surface area contributed by atoms with Crippen LogP contribution in [0.3, 0.4) is 0 Å². The number of hydrogen-bond acceptors (Lipinski definition) is 3. The van der Waals surface area contributed by atoms with Gasteiger partial charge in [-0.05, 0) is 96.7 Å². The topological polar surface area (TPSA) is 16.4 Å². The van der Waals surface area contributed by atoms with E-state index in [9.17, 15) is 0 Å². The van der Waals surface area contributed by atoms with Crippen molar-refractivity contribution < 1.29 is 4.42 Å². The number of rotatable bonds is 5. The third kappa shape index (κ3) is 5.21. The van der Waals surface area contributed by atoms with Gasteiger partial charge in [0, 0.05) is 53.4 Å². The van der Waals surface area contributed by atoms with E-state index in [0.29, 0.717) is 0 Å². The van der Waals surface area contributed by atoms with Crippen LogP contribution in [0.15, 0.2) is 217 Å². The van der Waals surface area contributed by atoms with Crippen molar-refractivity contribution in [2.75, 3.05) is 4.90 Å². The van der Waals surface area contributed by atoms with Crippen molar-refractivity contribution in [2.45, 2.75) is 0 Å². The molecule has 0 saturated carbocycles. The van der Waals surface area contributed by atoms with Crippen molar-refractivity contribution in [3.63, 3.8) is 0 Å². The number of hydrogen-bond donors (Lipinski definition) is 0. The van der Waals surface area contributed by atoms with Crippen LogP contribution in [0.4, 0.5) is 17.1 Å². The van der Waals surface area contributed by atoms with E-state index in [1.165, 1.54) is 80.0 Å². The molecule has 0 atom stereocenters. The van der Waals surface area contributed by atoms with E-state index >= 15 is 0 Å². The highest BCUT2D eigenvalue weighted by atomic mass is 32.1. The van der Waals surface area contributed by atoms with Crippen LogP contribution in [0.1, 0.15) is 0 Å². The summed E-state index contributed by atoms with van der Waals surface area (Å²) < 4.78 is 9.96. The van der Waals surface area contributed by atoms with E-state index in [0.717, 1.165) is 44.6 Å². The zero-order valence-electron chi connectivity index (χ0n) is 33.0. The second-order valence-electron chi connectivity index (χ2n) is 16.0. The molecule has 13 rings (SSSR count). The molecule has 0 aliphatic rings. The van der Waals surface area contributed by atoms with Gasteiger partial charge in [-0.15, -0.1) is 11.3 Å². The first-order valence-corrected chi connectivity index (χ1v) is 21.6. The quantitative estimate of drug-likeness (QED) is 0.161. The predicted octanol–water partition coefficient (Wildman–Crippen LogP) is 17.4. The number of nitrogens with zero attached hydrogens (tertiary/aromatic N) is 1. The van der Waals surface area contributed by atoms with Gasteiger partial charge < -0.3 is 9.32 Å². The minimum absolute atomic E-state index is 0.855. The van der Waals surface area contributed by atoms with Gasteiger partial charge in [-0.3, -0.25) is 0 Å². The second-order valence-corrected chi connectivity index (χ2v) is 17.0. The first kappa shape index (κ1) is 34.2. The normalized spacial score (nSPS) is 11.9. The molecule has 0 unspecified atom stereocenters. The van der Waals surface area contributed by atoms with Gasteiger partial charge >= 0.3 is 0 Å². The minimum atomic E-state index is 0.855.